The number of rotatable bonds is 4. The van der Waals surface area contributed by atoms with E-state index in [0.717, 1.165) is 0 Å². The second kappa shape index (κ2) is 6.72. The molecule has 2 aromatic rings. The van der Waals surface area contributed by atoms with Crippen molar-refractivity contribution in [1.82, 2.24) is 19.1 Å². The van der Waals surface area contributed by atoms with Gasteiger partial charge in [-0.15, -0.1) is 0 Å². The van der Waals surface area contributed by atoms with Gasteiger partial charge in [0.1, 0.15) is 11.0 Å². The molecule has 0 N–H and O–H groups in total. The van der Waals surface area contributed by atoms with E-state index in [-0.39, 0.29) is 16.9 Å². The normalized spacial score (nSPS) is 17.0. The third-order valence-electron chi connectivity index (χ3n) is 4.42. The Labute approximate surface area is 146 Å². The van der Waals surface area contributed by atoms with Crippen LogP contribution in [0, 0.1) is 19.8 Å². The first-order chi connectivity index (χ1) is 11.8. The third-order valence-corrected chi connectivity index (χ3v) is 6.57. The van der Waals surface area contributed by atoms with Crippen LogP contribution in [0.1, 0.15) is 24.2 Å². The molecule has 1 aliphatic heterocycles. The van der Waals surface area contributed by atoms with Crippen LogP contribution >= 0.6 is 0 Å². The quantitative estimate of drug-likeness (QED) is 0.769. The molecule has 136 valence electrons. The number of sulfonamides is 1. The SMILES string of the molecule is Cc1nn(C)c(C)c1S(=O)(=O)N1CCC(Oc2cccc(F)n2)CC1. The zero-order chi connectivity index (χ0) is 18.2. The number of ether oxygens (including phenoxy) is 1. The zero-order valence-corrected chi connectivity index (χ0v) is 15.3. The molecular formula is C16H21FN4O3S. The molecule has 9 heteroatoms. The van der Waals surface area contributed by atoms with Crippen LogP contribution in [0.15, 0.2) is 23.1 Å². The maximum atomic E-state index is 13.1. The lowest BCUT2D eigenvalue weighted by Crippen LogP contribution is -2.42. The fraction of sp³-hybridized carbons (Fsp3) is 0.500. The summed E-state index contributed by atoms with van der Waals surface area (Å²) < 4.78 is 47.7. The highest BCUT2D eigenvalue weighted by molar-refractivity contribution is 7.89. The highest BCUT2D eigenvalue weighted by atomic mass is 32.2. The van der Waals surface area contributed by atoms with Gasteiger partial charge in [-0.3, -0.25) is 4.68 Å². The summed E-state index contributed by atoms with van der Waals surface area (Å²) in [7, 11) is -1.86. The molecule has 0 bridgehead atoms. The second-order valence-corrected chi connectivity index (χ2v) is 8.02. The van der Waals surface area contributed by atoms with Crippen LogP contribution in [-0.2, 0) is 17.1 Å². The van der Waals surface area contributed by atoms with Crippen LogP contribution in [0.2, 0.25) is 0 Å². The van der Waals surface area contributed by atoms with Gasteiger partial charge in [0.05, 0.1) is 11.4 Å². The Hall–Kier alpha value is -2.00. The van der Waals surface area contributed by atoms with E-state index >= 15 is 0 Å². The summed E-state index contributed by atoms with van der Waals surface area (Å²) in [5.74, 6) is -0.375. The maximum absolute atomic E-state index is 13.1. The van der Waals surface area contributed by atoms with Crippen LogP contribution in [0.25, 0.3) is 0 Å². The molecule has 25 heavy (non-hydrogen) atoms. The fourth-order valence-electron chi connectivity index (χ4n) is 3.07. The molecule has 3 rings (SSSR count). The lowest BCUT2D eigenvalue weighted by Gasteiger charge is -2.31. The van der Waals surface area contributed by atoms with E-state index in [2.05, 4.69) is 10.1 Å². The van der Waals surface area contributed by atoms with E-state index in [4.69, 9.17) is 4.74 Å². The number of piperidine rings is 1. The average Bonchev–Trinajstić information content (AvgIpc) is 2.81. The first-order valence-electron chi connectivity index (χ1n) is 8.08. The topological polar surface area (TPSA) is 77.3 Å². The Morgan fingerprint density at radius 1 is 1.24 bits per heavy atom. The van der Waals surface area contributed by atoms with E-state index in [1.165, 1.54) is 16.4 Å². The molecule has 0 atom stereocenters. The monoisotopic (exact) mass is 368 g/mol. The largest absolute Gasteiger partial charge is 0.474 e. The molecule has 0 radical (unpaired) electrons. The Morgan fingerprint density at radius 3 is 2.48 bits per heavy atom. The number of pyridine rings is 1. The van der Waals surface area contributed by atoms with Gasteiger partial charge in [-0.2, -0.15) is 18.8 Å². The summed E-state index contributed by atoms with van der Waals surface area (Å²) in [6, 6.07) is 4.38. The summed E-state index contributed by atoms with van der Waals surface area (Å²) in [5, 5.41) is 4.19. The Balaban J connectivity index is 1.69. The Kier molecular flexibility index (Phi) is 4.79. The average molecular weight is 368 g/mol. The minimum Gasteiger partial charge on any atom is -0.474 e. The van der Waals surface area contributed by atoms with Crippen molar-refractivity contribution >= 4 is 10.0 Å². The smallest absolute Gasteiger partial charge is 0.246 e. The van der Waals surface area contributed by atoms with Gasteiger partial charge in [-0.05, 0) is 32.8 Å². The third kappa shape index (κ3) is 3.52. The Morgan fingerprint density at radius 2 is 1.92 bits per heavy atom. The molecule has 0 aromatic carbocycles. The van der Waals surface area contributed by atoms with Gasteiger partial charge in [0.15, 0.2) is 0 Å². The van der Waals surface area contributed by atoms with Crippen LogP contribution in [0.5, 0.6) is 5.88 Å². The van der Waals surface area contributed by atoms with Crippen molar-refractivity contribution in [2.45, 2.75) is 37.7 Å². The molecule has 1 fully saturated rings. The predicted molar refractivity (Wildman–Crippen MR) is 89.3 cm³/mol. The van der Waals surface area contributed by atoms with Crippen molar-refractivity contribution in [3.8, 4) is 5.88 Å². The predicted octanol–water partition coefficient (Wildman–Crippen LogP) is 1.80. The maximum Gasteiger partial charge on any atom is 0.246 e. The highest BCUT2D eigenvalue weighted by Gasteiger charge is 2.34. The minimum absolute atomic E-state index is 0.183. The number of nitrogens with zero attached hydrogens (tertiary/aromatic N) is 4. The summed E-state index contributed by atoms with van der Waals surface area (Å²) in [6.45, 7) is 4.13. The van der Waals surface area contributed by atoms with E-state index in [1.807, 2.05) is 0 Å². The fourth-order valence-corrected chi connectivity index (χ4v) is 4.94. The van der Waals surface area contributed by atoms with Gasteiger partial charge in [0.2, 0.25) is 21.9 Å². The van der Waals surface area contributed by atoms with Crippen molar-refractivity contribution < 1.29 is 17.5 Å². The molecule has 1 aliphatic rings. The molecule has 3 heterocycles. The second-order valence-electron chi connectivity index (χ2n) is 6.14. The van der Waals surface area contributed by atoms with Gasteiger partial charge in [-0.1, -0.05) is 6.07 Å². The minimum atomic E-state index is -3.59. The van der Waals surface area contributed by atoms with Crippen molar-refractivity contribution in [2.75, 3.05) is 13.1 Å². The Bertz CT molecular complexity index is 874. The summed E-state index contributed by atoms with van der Waals surface area (Å²) in [4.78, 5) is 3.96. The molecule has 1 saturated heterocycles. The van der Waals surface area contributed by atoms with Crippen LogP contribution < -0.4 is 4.74 Å². The van der Waals surface area contributed by atoms with Gasteiger partial charge in [0, 0.05) is 26.2 Å². The van der Waals surface area contributed by atoms with Crippen molar-refractivity contribution in [3.05, 3.63) is 35.5 Å². The molecule has 7 nitrogen and oxygen atoms in total. The highest BCUT2D eigenvalue weighted by Crippen LogP contribution is 2.26. The van der Waals surface area contributed by atoms with E-state index in [0.29, 0.717) is 37.3 Å². The van der Waals surface area contributed by atoms with Gasteiger partial charge in [-0.25, -0.2) is 8.42 Å². The van der Waals surface area contributed by atoms with Crippen LogP contribution in [0.4, 0.5) is 4.39 Å². The van der Waals surface area contributed by atoms with E-state index < -0.39 is 16.0 Å². The molecule has 0 aliphatic carbocycles. The lowest BCUT2D eigenvalue weighted by molar-refractivity contribution is 0.128. The molecule has 2 aromatic heterocycles. The summed E-state index contributed by atoms with van der Waals surface area (Å²) in [6.07, 6.45) is 0.864. The van der Waals surface area contributed by atoms with Crippen molar-refractivity contribution in [3.63, 3.8) is 0 Å². The molecule has 0 saturated carbocycles. The number of aryl methyl sites for hydroxylation is 2. The van der Waals surface area contributed by atoms with E-state index in [1.54, 1.807) is 31.6 Å². The van der Waals surface area contributed by atoms with Crippen LogP contribution in [-0.4, -0.2) is 46.7 Å². The van der Waals surface area contributed by atoms with Gasteiger partial charge >= 0.3 is 0 Å². The van der Waals surface area contributed by atoms with Crippen LogP contribution in [0.3, 0.4) is 0 Å². The molecule has 0 spiro atoms. The van der Waals surface area contributed by atoms with Crippen molar-refractivity contribution in [2.24, 2.45) is 7.05 Å². The van der Waals surface area contributed by atoms with Gasteiger partial charge in [0.25, 0.3) is 0 Å². The summed E-state index contributed by atoms with van der Waals surface area (Å²) >= 11 is 0. The first-order valence-corrected chi connectivity index (χ1v) is 9.52. The molecular weight excluding hydrogens is 347 g/mol. The molecule has 0 unspecified atom stereocenters. The number of hydrogen-bond donors (Lipinski definition) is 0. The lowest BCUT2D eigenvalue weighted by atomic mass is 10.1. The van der Waals surface area contributed by atoms with E-state index in [9.17, 15) is 12.8 Å². The molecule has 0 amide bonds. The number of halogens is 1. The first kappa shape index (κ1) is 17.8. The number of aromatic nitrogens is 3. The standard InChI is InChI=1S/C16H21FN4O3S/c1-11-16(12(2)20(3)19-11)25(22,23)21-9-7-13(8-10-21)24-15-6-4-5-14(17)18-15/h4-6,13H,7-10H2,1-3H3. The zero-order valence-electron chi connectivity index (χ0n) is 14.4. The number of hydrogen-bond acceptors (Lipinski definition) is 5. The summed E-state index contributed by atoms with van der Waals surface area (Å²) in [5.41, 5.74) is 1.13. The van der Waals surface area contributed by atoms with Gasteiger partial charge < -0.3 is 4.74 Å². The van der Waals surface area contributed by atoms with Crippen molar-refractivity contribution in [1.29, 1.82) is 0 Å².